The van der Waals surface area contributed by atoms with Gasteiger partial charge in [-0.1, -0.05) is 12.1 Å². The molecule has 1 aromatic carbocycles. The molecule has 0 aliphatic carbocycles. The molecule has 0 unspecified atom stereocenters. The van der Waals surface area contributed by atoms with Gasteiger partial charge in [-0.05, 0) is 31.2 Å². The molecule has 2 aromatic heterocycles. The zero-order chi connectivity index (χ0) is 22.2. The van der Waals surface area contributed by atoms with E-state index in [-0.39, 0.29) is 24.4 Å². The molecule has 1 aliphatic rings. The molecule has 0 bridgehead atoms. The molecule has 10 heteroatoms. The standard InChI is InChI=1S/C21H19F3N4O3/c1-13-16(10-26-28(13)19-8-7-14(9-25-19)21(22,23)24)20(29)27(2)11-15-12-30-17-5-3-4-6-18(17)31-15/h3-10,15H,11-12H2,1-2H3/t15-/m0/s1. The van der Waals surface area contributed by atoms with E-state index in [0.717, 1.165) is 12.3 Å². The second-order valence-electron chi connectivity index (χ2n) is 7.14. The first kappa shape index (κ1) is 20.7. The second kappa shape index (κ2) is 7.93. The minimum atomic E-state index is -4.47. The Labute approximate surface area is 176 Å². The fourth-order valence-electron chi connectivity index (χ4n) is 3.28. The lowest BCUT2D eigenvalue weighted by Gasteiger charge is -2.29. The van der Waals surface area contributed by atoms with E-state index >= 15 is 0 Å². The number of ether oxygens (including phenoxy) is 2. The molecule has 0 saturated heterocycles. The van der Waals surface area contributed by atoms with Gasteiger partial charge in [-0.15, -0.1) is 0 Å². The number of aromatic nitrogens is 3. The van der Waals surface area contributed by atoms with Crippen molar-refractivity contribution in [2.75, 3.05) is 20.2 Å². The molecule has 0 radical (unpaired) electrons. The lowest BCUT2D eigenvalue weighted by Crippen LogP contribution is -2.41. The lowest BCUT2D eigenvalue weighted by atomic mass is 10.2. The SMILES string of the molecule is Cc1c(C(=O)N(C)C[C@H]2COc3ccccc3O2)cnn1-c1ccc(C(F)(F)F)cn1. The van der Waals surface area contributed by atoms with Crippen LogP contribution in [-0.4, -0.2) is 51.9 Å². The number of nitrogens with zero attached hydrogens (tertiary/aromatic N) is 4. The van der Waals surface area contributed by atoms with Crippen LogP contribution >= 0.6 is 0 Å². The fourth-order valence-corrected chi connectivity index (χ4v) is 3.28. The molecule has 0 spiro atoms. The number of benzene rings is 1. The van der Waals surface area contributed by atoms with Crippen LogP contribution in [-0.2, 0) is 6.18 Å². The number of para-hydroxylation sites is 2. The summed E-state index contributed by atoms with van der Waals surface area (Å²) in [7, 11) is 1.64. The van der Waals surface area contributed by atoms with Crippen LogP contribution in [0.15, 0.2) is 48.8 Å². The van der Waals surface area contributed by atoms with Crippen LogP contribution in [0.5, 0.6) is 11.5 Å². The quantitative estimate of drug-likeness (QED) is 0.631. The number of amides is 1. The molecule has 162 valence electrons. The average molecular weight is 432 g/mol. The van der Waals surface area contributed by atoms with Gasteiger partial charge in [0.2, 0.25) is 0 Å². The molecule has 31 heavy (non-hydrogen) atoms. The Balaban J connectivity index is 1.46. The van der Waals surface area contributed by atoms with Crippen LogP contribution < -0.4 is 9.47 Å². The van der Waals surface area contributed by atoms with Crippen LogP contribution in [0.25, 0.3) is 5.82 Å². The van der Waals surface area contributed by atoms with Gasteiger partial charge in [-0.25, -0.2) is 9.67 Å². The summed E-state index contributed by atoms with van der Waals surface area (Å²) in [6.07, 6.45) is -2.70. The number of halogens is 3. The summed E-state index contributed by atoms with van der Waals surface area (Å²) in [5.41, 5.74) is -0.0649. The van der Waals surface area contributed by atoms with Gasteiger partial charge in [0.25, 0.3) is 5.91 Å². The molecule has 0 N–H and O–H groups in total. The maximum Gasteiger partial charge on any atom is 0.417 e. The third kappa shape index (κ3) is 4.18. The van der Waals surface area contributed by atoms with E-state index in [1.54, 1.807) is 20.0 Å². The number of fused-ring (bicyclic) bond motifs is 1. The van der Waals surface area contributed by atoms with E-state index in [1.165, 1.54) is 21.8 Å². The number of carbonyl (C=O) groups excluding carboxylic acids is 1. The van der Waals surface area contributed by atoms with Crippen LogP contribution in [0.1, 0.15) is 21.6 Å². The predicted molar refractivity (Wildman–Crippen MR) is 104 cm³/mol. The van der Waals surface area contributed by atoms with Crippen LogP contribution in [0.4, 0.5) is 13.2 Å². The highest BCUT2D eigenvalue weighted by molar-refractivity contribution is 5.95. The smallest absolute Gasteiger partial charge is 0.417 e. The number of rotatable bonds is 4. The summed E-state index contributed by atoms with van der Waals surface area (Å²) >= 11 is 0. The first-order valence-electron chi connectivity index (χ1n) is 9.46. The molecule has 1 aliphatic heterocycles. The first-order valence-corrected chi connectivity index (χ1v) is 9.46. The van der Waals surface area contributed by atoms with Crippen molar-refractivity contribution in [3.63, 3.8) is 0 Å². The molecule has 4 rings (SSSR count). The number of hydrogen-bond donors (Lipinski definition) is 0. The number of hydrogen-bond acceptors (Lipinski definition) is 5. The fraction of sp³-hybridized carbons (Fsp3) is 0.286. The summed E-state index contributed by atoms with van der Waals surface area (Å²) in [4.78, 5) is 18.2. The Morgan fingerprint density at radius 3 is 2.61 bits per heavy atom. The van der Waals surface area contributed by atoms with E-state index in [1.807, 2.05) is 18.2 Å². The number of pyridine rings is 1. The summed E-state index contributed by atoms with van der Waals surface area (Å²) in [6, 6.07) is 9.44. The van der Waals surface area contributed by atoms with Gasteiger partial charge >= 0.3 is 6.18 Å². The number of alkyl halides is 3. The summed E-state index contributed by atoms with van der Waals surface area (Å²) < 4.78 is 51.1. The second-order valence-corrected chi connectivity index (χ2v) is 7.14. The molecule has 3 aromatic rings. The zero-order valence-electron chi connectivity index (χ0n) is 16.8. The average Bonchev–Trinajstić information content (AvgIpc) is 3.13. The maximum absolute atomic E-state index is 12.9. The Bertz CT molecular complexity index is 1100. The Kier molecular flexibility index (Phi) is 5.30. The van der Waals surface area contributed by atoms with E-state index < -0.39 is 11.7 Å². The van der Waals surface area contributed by atoms with Crippen LogP contribution in [0.3, 0.4) is 0 Å². The van der Waals surface area contributed by atoms with Gasteiger partial charge in [0.05, 0.1) is 29.6 Å². The minimum absolute atomic E-state index is 0.188. The summed E-state index contributed by atoms with van der Waals surface area (Å²) in [5.74, 6) is 1.18. The predicted octanol–water partition coefficient (Wildman–Crippen LogP) is 3.51. The van der Waals surface area contributed by atoms with Crippen molar-refractivity contribution in [3.05, 3.63) is 65.6 Å². The Hall–Kier alpha value is -3.56. The molecule has 7 nitrogen and oxygen atoms in total. The van der Waals surface area contributed by atoms with Crippen molar-refractivity contribution in [1.29, 1.82) is 0 Å². The zero-order valence-corrected chi connectivity index (χ0v) is 16.8. The number of likely N-dealkylation sites (N-methyl/N-ethyl adjacent to an activating group) is 1. The van der Waals surface area contributed by atoms with E-state index in [0.29, 0.717) is 29.4 Å². The maximum atomic E-state index is 12.9. The molecular weight excluding hydrogens is 413 g/mol. The first-order chi connectivity index (χ1) is 14.7. The van der Waals surface area contributed by atoms with Crippen molar-refractivity contribution in [2.24, 2.45) is 0 Å². The highest BCUT2D eigenvalue weighted by atomic mass is 19.4. The van der Waals surface area contributed by atoms with Gasteiger partial charge in [-0.2, -0.15) is 18.3 Å². The van der Waals surface area contributed by atoms with Crippen molar-refractivity contribution in [2.45, 2.75) is 19.2 Å². The van der Waals surface area contributed by atoms with Crippen LogP contribution in [0, 0.1) is 6.92 Å². The third-order valence-electron chi connectivity index (χ3n) is 4.92. The van der Waals surface area contributed by atoms with Gasteiger partial charge in [0.1, 0.15) is 6.61 Å². The summed E-state index contributed by atoms with van der Waals surface area (Å²) in [5, 5.41) is 4.13. The minimum Gasteiger partial charge on any atom is -0.486 e. The van der Waals surface area contributed by atoms with Gasteiger partial charge in [0, 0.05) is 13.2 Å². The highest BCUT2D eigenvalue weighted by Gasteiger charge is 2.31. The third-order valence-corrected chi connectivity index (χ3v) is 4.92. The summed E-state index contributed by atoms with van der Waals surface area (Å²) in [6.45, 7) is 2.25. The van der Waals surface area contributed by atoms with Gasteiger partial charge in [0.15, 0.2) is 23.4 Å². The normalized spacial score (nSPS) is 15.6. The van der Waals surface area contributed by atoms with Gasteiger partial charge in [-0.3, -0.25) is 4.79 Å². The monoisotopic (exact) mass is 432 g/mol. The van der Waals surface area contributed by atoms with E-state index in [4.69, 9.17) is 9.47 Å². The van der Waals surface area contributed by atoms with Crippen molar-refractivity contribution >= 4 is 5.91 Å². The van der Waals surface area contributed by atoms with Crippen molar-refractivity contribution in [1.82, 2.24) is 19.7 Å². The van der Waals surface area contributed by atoms with Gasteiger partial charge < -0.3 is 14.4 Å². The molecule has 1 amide bonds. The molecule has 3 heterocycles. The molecule has 0 fully saturated rings. The molecule has 1 atom stereocenters. The Morgan fingerprint density at radius 2 is 1.94 bits per heavy atom. The number of carbonyl (C=O) groups is 1. The molecule has 0 saturated carbocycles. The highest BCUT2D eigenvalue weighted by Crippen LogP contribution is 2.31. The van der Waals surface area contributed by atoms with Crippen LogP contribution in [0.2, 0.25) is 0 Å². The van der Waals surface area contributed by atoms with E-state index in [9.17, 15) is 18.0 Å². The van der Waals surface area contributed by atoms with Crippen molar-refractivity contribution < 1.29 is 27.4 Å². The van der Waals surface area contributed by atoms with E-state index in [2.05, 4.69) is 10.1 Å². The van der Waals surface area contributed by atoms with Crippen molar-refractivity contribution in [3.8, 4) is 17.3 Å². The molecular formula is C21H19F3N4O3. The lowest BCUT2D eigenvalue weighted by molar-refractivity contribution is -0.137. The largest absolute Gasteiger partial charge is 0.486 e. The Morgan fingerprint density at radius 1 is 1.19 bits per heavy atom. The topological polar surface area (TPSA) is 69.5 Å².